The fourth-order valence-electron chi connectivity index (χ4n) is 2.90. The van der Waals surface area contributed by atoms with Gasteiger partial charge in [0.1, 0.15) is 11.5 Å². The summed E-state index contributed by atoms with van der Waals surface area (Å²) in [7, 11) is 0. The molecule has 24 heavy (non-hydrogen) atoms. The van der Waals surface area contributed by atoms with Crippen molar-refractivity contribution in [2.75, 3.05) is 0 Å². The maximum absolute atomic E-state index is 6.29. The van der Waals surface area contributed by atoms with Crippen molar-refractivity contribution < 1.29 is 4.74 Å². The van der Waals surface area contributed by atoms with E-state index < -0.39 is 0 Å². The van der Waals surface area contributed by atoms with Crippen molar-refractivity contribution in [3.63, 3.8) is 0 Å². The topological polar surface area (TPSA) is 9.23 Å². The van der Waals surface area contributed by atoms with Crippen LogP contribution >= 0.6 is 0 Å². The summed E-state index contributed by atoms with van der Waals surface area (Å²) >= 11 is 0. The van der Waals surface area contributed by atoms with Crippen LogP contribution in [0.1, 0.15) is 36.5 Å². The number of rotatable bonds is 6. The lowest BCUT2D eigenvalue weighted by Gasteiger charge is -2.16. The number of hydrogen-bond donors (Lipinski definition) is 0. The summed E-state index contributed by atoms with van der Waals surface area (Å²) < 4.78 is 6.29. The molecule has 0 heterocycles. The number of benzene rings is 3. The van der Waals surface area contributed by atoms with E-state index >= 15 is 0 Å². The van der Waals surface area contributed by atoms with Crippen molar-refractivity contribution in [1.29, 1.82) is 0 Å². The molecule has 0 atom stereocenters. The molecule has 0 bridgehead atoms. The molecule has 0 aliphatic rings. The molecule has 3 aromatic rings. The second-order valence-corrected chi connectivity index (χ2v) is 6.39. The van der Waals surface area contributed by atoms with Crippen molar-refractivity contribution in [1.82, 2.24) is 0 Å². The maximum Gasteiger partial charge on any atom is 0.130 e. The summed E-state index contributed by atoms with van der Waals surface area (Å²) in [6, 6.07) is 27.3. The zero-order valence-corrected chi connectivity index (χ0v) is 14.4. The van der Waals surface area contributed by atoms with Crippen molar-refractivity contribution in [3.05, 3.63) is 95.6 Å². The van der Waals surface area contributed by atoms with Gasteiger partial charge in [0.05, 0.1) is 0 Å². The molecule has 3 rings (SSSR count). The minimum atomic E-state index is 0.442. The van der Waals surface area contributed by atoms with E-state index in [2.05, 4.69) is 80.6 Å². The van der Waals surface area contributed by atoms with Gasteiger partial charge in [-0.15, -0.1) is 0 Å². The Kier molecular flexibility index (Phi) is 5.32. The van der Waals surface area contributed by atoms with E-state index in [4.69, 9.17) is 4.74 Å². The van der Waals surface area contributed by atoms with Gasteiger partial charge in [-0.25, -0.2) is 0 Å². The summed E-state index contributed by atoms with van der Waals surface area (Å²) in [6.45, 7) is 4.40. The zero-order valence-electron chi connectivity index (χ0n) is 14.4. The monoisotopic (exact) mass is 316 g/mol. The highest BCUT2D eigenvalue weighted by Gasteiger charge is 2.10. The minimum absolute atomic E-state index is 0.442. The number of aryl methyl sites for hydroxylation is 2. The van der Waals surface area contributed by atoms with Crippen molar-refractivity contribution >= 4 is 0 Å². The summed E-state index contributed by atoms with van der Waals surface area (Å²) in [4.78, 5) is 0. The Hall–Kier alpha value is -2.54. The average molecular weight is 316 g/mol. The zero-order chi connectivity index (χ0) is 16.8. The Morgan fingerprint density at radius 3 is 2.04 bits per heavy atom. The Bertz CT molecular complexity index is 775. The first-order valence-electron chi connectivity index (χ1n) is 8.62. The van der Waals surface area contributed by atoms with Gasteiger partial charge in [0.2, 0.25) is 0 Å². The first-order valence-corrected chi connectivity index (χ1v) is 8.62. The van der Waals surface area contributed by atoms with Crippen LogP contribution in [0.25, 0.3) is 0 Å². The Balaban J connectivity index is 1.80. The van der Waals surface area contributed by atoms with Gasteiger partial charge < -0.3 is 4.74 Å². The predicted octanol–water partition coefficient (Wildman–Crippen LogP) is 6.39. The Labute approximate surface area is 144 Å². The largest absolute Gasteiger partial charge is 0.457 e. The molecule has 0 aromatic heterocycles. The molecular formula is C23H24O. The third-order valence-electron chi connectivity index (χ3n) is 4.26. The molecule has 0 spiro atoms. The molecule has 0 aliphatic carbocycles. The van der Waals surface area contributed by atoms with Crippen LogP contribution in [0.15, 0.2) is 78.9 Å². The van der Waals surface area contributed by atoms with Crippen molar-refractivity contribution in [3.8, 4) is 11.5 Å². The molecular weight excluding hydrogens is 292 g/mol. The molecule has 0 saturated carbocycles. The van der Waals surface area contributed by atoms with Crippen LogP contribution in [0.4, 0.5) is 0 Å². The SMILES string of the molecule is CC(C)c1ccccc1Oc1ccccc1CCc1ccccc1. The molecule has 0 N–H and O–H groups in total. The first-order chi connectivity index (χ1) is 11.7. The smallest absolute Gasteiger partial charge is 0.130 e. The van der Waals surface area contributed by atoms with E-state index in [0.29, 0.717) is 5.92 Å². The summed E-state index contributed by atoms with van der Waals surface area (Å²) in [5.74, 6) is 2.36. The number of hydrogen-bond acceptors (Lipinski definition) is 1. The third kappa shape index (κ3) is 4.05. The lowest BCUT2D eigenvalue weighted by molar-refractivity contribution is 0.467. The molecule has 0 fully saturated rings. The summed E-state index contributed by atoms with van der Waals surface area (Å²) in [5.41, 5.74) is 3.85. The molecule has 1 nitrogen and oxygen atoms in total. The number of ether oxygens (including phenoxy) is 1. The summed E-state index contributed by atoms with van der Waals surface area (Å²) in [6.07, 6.45) is 2.00. The number of para-hydroxylation sites is 2. The minimum Gasteiger partial charge on any atom is -0.457 e. The second kappa shape index (κ2) is 7.83. The fourth-order valence-corrected chi connectivity index (χ4v) is 2.90. The molecule has 0 saturated heterocycles. The Morgan fingerprint density at radius 2 is 1.29 bits per heavy atom. The molecule has 3 aromatic carbocycles. The molecule has 1 heteroatoms. The van der Waals surface area contributed by atoms with Gasteiger partial charge in [0.25, 0.3) is 0 Å². The quantitative estimate of drug-likeness (QED) is 0.512. The van der Waals surface area contributed by atoms with E-state index in [9.17, 15) is 0 Å². The van der Waals surface area contributed by atoms with E-state index in [1.807, 2.05) is 12.1 Å². The standard InChI is InChI=1S/C23H24O/c1-18(2)21-13-7-9-15-23(21)24-22-14-8-6-12-20(22)17-16-19-10-4-3-5-11-19/h3-15,18H,16-17H2,1-2H3. The molecule has 122 valence electrons. The maximum atomic E-state index is 6.29. The molecule has 0 amide bonds. The van der Waals surface area contributed by atoms with Gasteiger partial charge in [0, 0.05) is 0 Å². The van der Waals surface area contributed by atoms with E-state index in [0.717, 1.165) is 24.3 Å². The third-order valence-corrected chi connectivity index (χ3v) is 4.26. The lowest BCUT2D eigenvalue weighted by Crippen LogP contribution is -1.98. The molecule has 0 aliphatic heterocycles. The van der Waals surface area contributed by atoms with E-state index in [-0.39, 0.29) is 0 Å². The molecule has 0 unspecified atom stereocenters. The van der Waals surface area contributed by atoms with Crippen LogP contribution < -0.4 is 4.74 Å². The van der Waals surface area contributed by atoms with Gasteiger partial charge in [0.15, 0.2) is 0 Å². The van der Waals surface area contributed by atoms with Crippen LogP contribution in [0.3, 0.4) is 0 Å². The molecule has 0 radical (unpaired) electrons. The normalized spacial score (nSPS) is 10.8. The van der Waals surface area contributed by atoms with Crippen molar-refractivity contribution in [2.24, 2.45) is 0 Å². The highest BCUT2D eigenvalue weighted by molar-refractivity contribution is 5.42. The van der Waals surface area contributed by atoms with E-state index in [1.165, 1.54) is 16.7 Å². The van der Waals surface area contributed by atoms with Gasteiger partial charge in [-0.2, -0.15) is 0 Å². The first kappa shape index (κ1) is 16.3. The van der Waals surface area contributed by atoms with Crippen LogP contribution in [-0.2, 0) is 12.8 Å². The van der Waals surface area contributed by atoms with Gasteiger partial charge in [-0.1, -0.05) is 80.6 Å². The highest BCUT2D eigenvalue weighted by atomic mass is 16.5. The van der Waals surface area contributed by atoms with Crippen LogP contribution in [0.5, 0.6) is 11.5 Å². The predicted molar refractivity (Wildman–Crippen MR) is 101 cm³/mol. The highest BCUT2D eigenvalue weighted by Crippen LogP contribution is 2.32. The second-order valence-electron chi connectivity index (χ2n) is 6.39. The average Bonchev–Trinajstić information content (AvgIpc) is 2.62. The fraction of sp³-hybridized carbons (Fsp3) is 0.217. The Morgan fingerprint density at radius 1 is 0.667 bits per heavy atom. The van der Waals surface area contributed by atoms with Crippen LogP contribution in [-0.4, -0.2) is 0 Å². The van der Waals surface area contributed by atoms with E-state index in [1.54, 1.807) is 0 Å². The lowest BCUT2D eigenvalue weighted by atomic mass is 10.0. The van der Waals surface area contributed by atoms with Crippen molar-refractivity contribution in [2.45, 2.75) is 32.6 Å². The van der Waals surface area contributed by atoms with Gasteiger partial charge in [-0.3, -0.25) is 0 Å². The summed E-state index contributed by atoms with van der Waals surface area (Å²) in [5, 5.41) is 0. The van der Waals surface area contributed by atoms with Gasteiger partial charge in [-0.05, 0) is 47.6 Å². The van der Waals surface area contributed by atoms with Crippen LogP contribution in [0, 0.1) is 0 Å². The van der Waals surface area contributed by atoms with Gasteiger partial charge >= 0.3 is 0 Å². The van der Waals surface area contributed by atoms with Crippen LogP contribution in [0.2, 0.25) is 0 Å².